The van der Waals surface area contributed by atoms with Crippen LogP contribution in [0.3, 0.4) is 0 Å². The van der Waals surface area contributed by atoms with Crippen LogP contribution in [-0.2, 0) is 0 Å². The summed E-state index contributed by atoms with van der Waals surface area (Å²) in [5.74, 6) is 0.863. The van der Waals surface area contributed by atoms with Gasteiger partial charge in [-0.1, -0.05) is 20.8 Å². The van der Waals surface area contributed by atoms with Crippen molar-refractivity contribution in [3.05, 3.63) is 0 Å². The lowest BCUT2D eigenvalue weighted by molar-refractivity contribution is 0.264. The minimum atomic E-state index is 0.583. The molecule has 2 atom stereocenters. The van der Waals surface area contributed by atoms with Crippen molar-refractivity contribution < 1.29 is 0 Å². The van der Waals surface area contributed by atoms with Crippen LogP contribution in [0.5, 0.6) is 0 Å². The van der Waals surface area contributed by atoms with E-state index in [9.17, 15) is 0 Å². The molecule has 0 aromatic heterocycles. The van der Waals surface area contributed by atoms with E-state index in [4.69, 9.17) is 0 Å². The molecule has 1 heteroatoms. The van der Waals surface area contributed by atoms with Crippen LogP contribution in [0.2, 0.25) is 0 Å². The molecule has 0 aliphatic carbocycles. The first-order chi connectivity index (χ1) is 4.19. The molecule has 0 bridgehead atoms. The van der Waals surface area contributed by atoms with E-state index in [-0.39, 0.29) is 0 Å². The van der Waals surface area contributed by atoms with Gasteiger partial charge >= 0.3 is 0 Å². The summed E-state index contributed by atoms with van der Waals surface area (Å²) < 4.78 is 0. The summed E-state index contributed by atoms with van der Waals surface area (Å²) in [4.78, 5) is 0. The van der Waals surface area contributed by atoms with E-state index in [1.807, 2.05) is 0 Å². The predicted octanol–water partition coefficient (Wildman–Crippen LogP) is 1.64. The van der Waals surface area contributed by atoms with Gasteiger partial charge in [-0.3, -0.25) is 0 Å². The molecule has 0 unspecified atom stereocenters. The largest absolute Gasteiger partial charge is 0.316 e. The first-order valence-corrected chi connectivity index (χ1v) is 3.90. The van der Waals surface area contributed by atoms with Crippen LogP contribution in [0.15, 0.2) is 0 Å². The molecule has 0 aromatic rings. The van der Waals surface area contributed by atoms with Crippen molar-refractivity contribution >= 4 is 0 Å². The van der Waals surface area contributed by atoms with Crippen LogP contribution < -0.4 is 5.32 Å². The monoisotopic (exact) mass is 127 g/mol. The normalized spacial score (nSPS) is 43.7. The fraction of sp³-hybridized carbons (Fsp3) is 1.00. The molecule has 1 nitrogen and oxygen atoms in total. The van der Waals surface area contributed by atoms with Gasteiger partial charge in [-0.25, -0.2) is 0 Å². The predicted molar refractivity (Wildman–Crippen MR) is 40.4 cm³/mol. The molecular weight excluding hydrogens is 110 g/mol. The topological polar surface area (TPSA) is 12.0 Å². The standard InChI is InChI=1S/C8H17N/c1-4-8(3)6-9-5-7(8)2/h7,9H,4-6H2,1-3H3/t7-,8+/m1/s1. The van der Waals surface area contributed by atoms with Crippen molar-refractivity contribution in [3.63, 3.8) is 0 Å². The number of rotatable bonds is 1. The van der Waals surface area contributed by atoms with Crippen molar-refractivity contribution in [2.24, 2.45) is 11.3 Å². The molecule has 0 aromatic carbocycles. The number of hydrogen-bond acceptors (Lipinski definition) is 1. The Morgan fingerprint density at radius 3 is 2.56 bits per heavy atom. The second-order valence-corrected chi connectivity index (χ2v) is 3.54. The highest BCUT2D eigenvalue weighted by Gasteiger charge is 2.33. The molecule has 1 saturated heterocycles. The highest BCUT2D eigenvalue weighted by Crippen LogP contribution is 2.33. The molecule has 1 heterocycles. The van der Waals surface area contributed by atoms with Gasteiger partial charge in [-0.05, 0) is 24.3 Å². The Kier molecular flexibility index (Phi) is 1.80. The van der Waals surface area contributed by atoms with E-state index in [1.165, 1.54) is 19.5 Å². The molecule has 9 heavy (non-hydrogen) atoms. The zero-order valence-corrected chi connectivity index (χ0v) is 6.70. The van der Waals surface area contributed by atoms with Gasteiger partial charge in [0.05, 0.1) is 0 Å². The summed E-state index contributed by atoms with van der Waals surface area (Å²) >= 11 is 0. The minimum absolute atomic E-state index is 0.583. The third kappa shape index (κ3) is 1.11. The van der Waals surface area contributed by atoms with Crippen molar-refractivity contribution in [1.29, 1.82) is 0 Å². The maximum Gasteiger partial charge on any atom is 0.000821 e. The van der Waals surface area contributed by atoms with Crippen molar-refractivity contribution in [2.75, 3.05) is 13.1 Å². The van der Waals surface area contributed by atoms with Gasteiger partial charge in [-0.15, -0.1) is 0 Å². The first-order valence-electron chi connectivity index (χ1n) is 3.90. The van der Waals surface area contributed by atoms with Gasteiger partial charge in [-0.2, -0.15) is 0 Å². The van der Waals surface area contributed by atoms with Crippen LogP contribution in [-0.4, -0.2) is 13.1 Å². The van der Waals surface area contributed by atoms with Crippen LogP contribution in [0.4, 0.5) is 0 Å². The second-order valence-electron chi connectivity index (χ2n) is 3.54. The highest BCUT2D eigenvalue weighted by atomic mass is 14.9. The summed E-state index contributed by atoms with van der Waals surface area (Å²) in [5.41, 5.74) is 0.583. The van der Waals surface area contributed by atoms with E-state index in [1.54, 1.807) is 0 Å². The second kappa shape index (κ2) is 2.30. The summed E-state index contributed by atoms with van der Waals surface area (Å²) in [7, 11) is 0. The zero-order chi connectivity index (χ0) is 6.91. The maximum absolute atomic E-state index is 3.41. The summed E-state index contributed by atoms with van der Waals surface area (Å²) in [5, 5.41) is 3.41. The van der Waals surface area contributed by atoms with Gasteiger partial charge in [0.25, 0.3) is 0 Å². The van der Waals surface area contributed by atoms with Gasteiger partial charge in [0.15, 0.2) is 0 Å². The molecule has 0 amide bonds. The molecule has 1 rings (SSSR count). The van der Waals surface area contributed by atoms with E-state index >= 15 is 0 Å². The average Bonchev–Trinajstić information content (AvgIpc) is 2.15. The molecule has 1 fully saturated rings. The van der Waals surface area contributed by atoms with Gasteiger partial charge < -0.3 is 5.32 Å². The third-order valence-electron chi connectivity index (χ3n) is 2.98. The zero-order valence-electron chi connectivity index (χ0n) is 6.70. The summed E-state index contributed by atoms with van der Waals surface area (Å²) in [6, 6.07) is 0. The van der Waals surface area contributed by atoms with E-state index < -0.39 is 0 Å². The van der Waals surface area contributed by atoms with Gasteiger partial charge in [0.2, 0.25) is 0 Å². The van der Waals surface area contributed by atoms with Gasteiger partial charge in [0, 0.05) is 6.54 Å². The van der Waals surface area contributed by atoms with Crippen molar-refractivity contribution in [2.45, 2.75) is 27.2 Å². The summed E-state index contributed by atoms with van der Waals surface area (Å²) in [6.45, 7) is 9.42. The fourth-order valence-corrected chi connectivity index (χ4v) is 1.47. The van der Waals surface area contributed by atoms with E-state index in [2.05, 4.69) is 26.1 Å². The third-order valence-corrected chi connectivity index (χ3v) is 2.98. The van der Waals surface area contributed by atoms with Crippen LogP contribution in [0.1, 0.15) is 27.2 Å². The first kappa shape index (κ1) is 7.07. The lowest BCUT2D eigenvalue weighted by Crippen LogP contribution is -2.23. The smallest absolute Gasteiger partial charge is 0.000821 e. The van der Waals surface area contributed by atoms with E-state index in [0.29, 0.717) is 5.41 Å². The Balaban J connectivity index is 2.56. The van der Waals surface area contributed by atoms with Crippen molar-refractivity contribution in [3.8, 4) is 0 Å². The Hall–Kier alpha value is -0.0400. The molecule has 0 saturated carbocycles. The average molecular weight is 127 g/mol. The Morgan fingerprint density at radius 1 is 1.67 bits per heavy atom. The van der Waals surface area contributed by atoms with Crippen LogP contribution >= 0.6 is 0 Å². The molecule has 1 N–H and O–H groups in total. The van der Waals surface area contributed by atoms with Crippen LogP contribution in [0, 0.1) is 11.3 Å². The molecule has 54 valence electrons. The maximum atomic E-state index is 3.41. The molecule has 1 aliphatic heterocycles. The molecule has 1 aliphatic rings. The highest BCUT2D eigenvalue weighted by molar-refractivity contribution is 4.87. The fourth-order valence-electron chi connectivity index (χ4n) is 1.47. The minimum Gasteiger partial charge on any atom is -0.316 e. The SMILES string of the molecule is CC[C@@]1(C)CNC[C@H]1C. The number of hydrogen-bond donors (Lipinski definition) is 1. The lowest BCUT2D eigenvalue weighted by Gasteiger charge is -2.25. The Morgan fingerprint density at radius 2 is 2.33 bits per heavy atom. The van der Waals surface area contributed by atoms with Crippen LogP contribution in [0.25, 0.3) is 0 Å². The Labute approximate surface area is 57.8 Å². The Bertz CT molecular complexity index is 101. The van der Waals surface area contributed by atoms with E-state index in [0.717, 1.165) is 5.92 Å². The molecule has 0 spiro atoms. The lowest BCUT2D eigenvalue weighted by atomic mass is 9.79. The van der Waals surface area contributed by atoms with Gasteiger partial charge in [0.1, 0.15) is 0 Å². The number of nitrogens with one attached hydrogen (secondary N) is 1. The quantitative estimate of drug-likeness (QED) is 0.564. The molecule has 0 radical (unpaired) electrons. The van der Waals surface area contributed by atoms with Crippen molar-refractivity contribution in [1.82, 2.24) is 5.32 Å². The summed E-state index contributed by atoms with van der Waals surface area (Å²) in [6.07, 6.45) is 1.31. The molecular formula is C8H17N.